The first-order valence-electron chi connectivity index (χ1n) is 8.11. The lowest BCUT2D eigenvalue weighted by Crippen LogP contribution is -2.52. The Morgan fingerprint density at radius 3 is 2.43 bits per heavy atom. The van der Waals surface area contributed by atoms with E-state index in [9.17, 15) is 9.59 Å². The Labute approximate surface area is 137 Å². The SMILES string of the molecule is COC(=O)[C@@H]1C[C@H](c2ccccc2)CN(C(=O)[C@@H](N)C(C)C)C1. The molecule has 1 aliphatic rings. The highest BCUT2D eigenvalue weighted by atomic mass is 16.5. The minimum atomic E-state index is -0.539. The van der Waals surface area contributed by atoms with E-state index in [0.717, 1.165) is 5.56 Å². The van der Waals surface area contributed by atoms with Gasteiger partial charge in [0.1, 0.15) is 0 Å². The number of nitrogens with zero attached hydrogens (tertiary/aromatic N) is 1. The molecular formula is C18H26N2O3. The van der Waals surface area contributed by atoms with E-state index >= 15 is 0 Å². The molecular weight excluding hydrogens is 292 g/mol. The molecule has 5 heteroatoms. The van der Waals surface area contributed by atoms with Crippen molar-refractivity contribution in [2.75, 3.05) is 20.2 Å². The molecule has 1 aromatic rings. The smallest absolute Gasteiger partial charge is 0.310 e. The molecule has 0 radical (unpaired) electrons. The van der Waals surface area contributed by atoms with Crippen molar-refractivity contribution >= 4 is 11.9 Å². The highest BCUT2D eigenvalue weighted by molar-refractivity contribution is 5.83. The molecule has 126 valence electrons. The second-order valence-corrected chi connectivity index (χ2v) is 6.58. The predicted octanol–water partition coefficient (Wildman–Crippen LogP) is 1.77. The maximum atomic E-state index is 12.6. The van der Waals surface area contributed by atoms with Gasteiger partial charge >= 0.3 is 5.97 Å². The van der Waals surface area contributed by atoms with E-state index in [4.69, 9.17) is 10.5 Å². The second-order valence-electron chi connectivity index (χ2n) is 6.58. The third-order valence-electron chi connectivity index (χ3n) is 4.57. The number of carbonyl (C=O) groups is 2. The normalized spacial score (nSPS) is 22.7. The van der Waals surface area contributed by atoms with E-state index in [1.54, 1.807) is 4.90 Å². The second kappa shape index (κ2) is 7.59. The number of amides is 1. The molecule has 0 saturated carbocycles. The van der Waals surface area contributed by atoms with Gasteiger partial charge in [0.05, 0.1) is 19.1 Å². The first-order chi connectivity index (χ1) is 10.9. The maximum absolute atomic E-state index is 12.6. The number of ether oxygens (including phenoxy) is 1. The predicted molar refractivity (Wildman–Crippen MR) is 88.7 cm³/mol. The van der Waals surface area contributed by atoms with E-state index in [2.05, 4.69) is 0 Å². The fraction of sp³-hybridized carbons (Fsp3) is 0.556. The van der Waals surface area contributed by atoms with Crippen LogP contribution in [0.25, 0.3) is 0 Å². The third kappa shape index (κ3) is 4.10. The quantitative estimate of drug-likeness (QED) is 0.859. The Hall–Kier alpha value is -1.88. The highest BCUT2D eigenvalue weighted by Crippen LogP contribution is 2.31. The van der Waals surface area contributed by atoms with E-state index in [-0.39, 0.29) is 29.6 Å². The van der Waals surface area contributed by atoms with Crippen molar-refractivity contribution in [2.45, 2.75) is 32.2 Å². The van der Waals surface area contributed by atoms with Crippen molar-refractivity contribution in [3.63, 3.8) is 0 Å². The van der Waals surface area contributed by atoms with E-state index < -0.39 is 6.04 Å². The number of benzene rings is 1. The molecule has 23 heavy (non-hydrogen) atoms. The monoisotopic (exact) mass is 318 g/mol. The molecule has 1 aliphatic heterocycles. The number of hydrogen-bond donors (Lipinski definition) is 1. The zero-order chi connectivity index (χ0) is 17.0. The van der Waals surface area contributed by atoms with Crippen molar-refractivity contribution in [2.24, 2.45) is 17.6 Å². The number of methoxy groups -OCH3 is 1. The van der Waals surface area contributed by atoms with Crippen molar-refractivity contribution < 1.29 is 14.3 Å². The summed E-state index contributed by atoms with van der Waals surface area (Å²) in [6, 6.07) is 9.45. The van der Waals surface area contributed by atoms with Gasteiger partial charge in [0.15, 0.2) is 0 Å². The Bertz CT molecular complexity index is 544. The molecule has 1 saturated heterocycles. The lowest BCUT2D eigenvalue weighted by Gasteiger charge is -2.38. The summed E-state index contributed by atoms with van der Waals surface area (Å²) >= 11 is 0. The van der Waals surface area contributed by atoms with E-state index in [1.807, 2.05) is 44.2 Å². The average molecular weight is 318 g/mol. The van der Waals surface area contributed by atoms with Crippen molar-refractivity contribution in [1.82, 2.24) is 4.90 Å². The lowest BCUT2D eigenvalue weighted by molar-refractivity contribution is -0.149. The summed E-state index contributed by atoms with van der Waals surface area (Å²) in [6.45, 7) is 4.84. The van der Waals surface area contributed by atoms with Crippen LogP contribution in [0.15, 0.2) is 30.3 Å². The van der Waals surface area contributed by atoms with Gasteiger partial charge in [-0.15, -0.1) is 0 Å². The van der Waals surface area contributed by atoms with Gasteiger partial charge in [-0.2, -0.15) is 0 Å². The number of hydrogen-bond acceptors (Lipinski definition) is 4. The van der Waals surface area contributed by atoms with E-state index in [1.165, 1.54) is 7.11 Å². The van der Waals surface area contributed by atoms with Crippen LogP contribution < -0.4 is 5.73 Å². The van der Waals surface area contributed by atoms with Gasteiger partial charge in [-0.1, -0.05) is 44.2 Å². The van der Waals surface area contributed by atoms with E-state index in [0.29, 0.717) is 19.5 Å². The molecule has 1 amide bonds. The molecule has 0 aliphatic carbocycles. The van der Waals surface area contributed by atoms with Crippen molar-refractivity contribution in [1.29, 1.82) is 0 Å². The summed E-state index contributed by atoms with van der Waals surface area (Å²) in [7, 11) is 1.39. The van der Waals surface area contributed by atoms with Gasteiger partial charge in [0, 0.05) is 19.0 Å². The third-order valence-corrected chi connectivity index (χ3v) is 4.57. The van der Waals surface area contributed by atoms with Crippen LogP contribution in [0.4, 0.5) is 0 Å². The first-order valence-corrected chi connectivity index (χ1v) is 8.11. The van der Waals surface area contributed by atoms with Crippen LogP contribution in [-0.2, 0) is 14.3 Å². The number of nitrogens with two attached hydrogens (primary N) is 1. The van der Waals surface area contributed by atoms with Crippen LogP contribution in [0.2, 0.25) is 0 Å². The molecule has 0 unspecified atom stereocenters. The van der Waals surface area contributed by atoms with Crippen molar-refractivity contribution in [3.05, 3.63) is 35.9 Å². The summed E-state index contributed by atoms with van der Waals surface area (Å²) in [5, 5.41) is 0. The number of esters is 1. The van der Waals surface area contributed by atoms with Gasteiger partial charge in [0.25, 0.3) is 0 Å². The van der Waals surface area contributed by atoms with Crippen molar-refractivity contribution in [3.8, 4) is 0 Å². The Morgan fingerprint density at radius 1 is 1.22 bits per heavy atom. The summed E-state index contributed by atoms with van der Waals surface area (Å²) in [5.41, 5.74) is 7.16. The zero-order valence-electron chi connectivity index (χ0n) is 14.1. The van der Waals surface area contributed by atoms with Gasteiger partial charge < -0.3 is 15.4 Å². The Balaban J connectivity index is 2.22. The number of piperidine rings is 1. The summed E-state index contributed by atoms with van der Waals surface area (Å²) < 4.78 is 4.90. The molecule has 5 nitrogen and oxygen atoms in total. The van der Waals surface area contributed by atoms with Crippen LogP contribution >= 0.6 is 0 Å². The Kier molecular flexibility index (Phi) is 5.77. The van der Waals surface area contributed by atoms with Crippen LogP contribution in [0, 0.1) is 11.8 Å². The molecule has 0 spiro atoms. The molecule has 1 aromatic carbocycles. The first kappa shape index (κ1) is 17.5. The minimum absolute atomic E-state index is 0.0659. The minimum Gasteiger partial charge on any atom is -0.469 e. The van der Waals surface area contributed by atoms with Gasteiger partial charge in [-0.3, -0.25) is 9.59 Å². The summed E-state index contributed by atoms with van der Waals surface area (Å²) in [4.78, 5) is 26.4. The fourth-order valence-corrected chi connectivity index (χ4v) is 3.08. The number of carbonyl (C=O) groups excluding carboxylic acids is 2. The largest absolute Gasteiger partial charge is 0.469 e. The Morgan fingerprint density at radius 2 is 1.87 bits per heavy atom. The van der Waals surface area contributed by atoms with Crippen LogP contribution in [0.1, 0.15) is 31.7 Å². The molecule has 0 aromatic heterocycles. The summed E-state index contributed by atoms with van der Waals surface area (Å²) in [6.07, 6.45) is 0.692. The lowest BCUT2D eigenvalue weighted by atomic mass is 9.84. The molecule has 1 heterocycles. The fourth-order valence-electron chi connectivity index (χ4n) is 3.08. The van der Waals surface area contributed by atoms with Crippen LogP contribution in [0.3, 0.4) is 0 Å². The molecule has 1 fully saturated rings. The van der Waals surface area contributed by atoms with Crippen LogP contribution in [-0.4, -0.2) is 43.0 Å². The standard InChI is InChI=1S/C18H26N2O3/c1-12(2)16(19)17(21)20-10-14(13-7-5-4-6-8-13)9-15(11-20)18(22)23-3/h4-8,12,14-16H,9-11,19H2,1-3H3/t14-,15+,16-/m0/s1. The molecule has 2 N–H and O–H groups in total. The van der Waals surface area contributed by atoms with Gasteiger partial charge in [-0.25, -0.2) is 0 Å². The highest BCUT2D eigenvalue weighted by Gasteiger charge is 2.36. The van der Waals surface area contributed by atoms with Gasteiger partial charge in [0.2, 0.25) is 5.91 Å². The average Bonchev–Trinajstić information content (AvgIpc) is 2.59. The van der Waals surface area contributed by atoms with Crippen LogP contribution in [0.5, 0.6) is 0 Å². The topological polar surface area (TPSA) is 72.6 Å². The molecule has 0 bridgehead atoms. The zero-order valence-corrected chi connectivity index (χ0v) is 14.1. The number of rotatable bonds is 4. The molecule has 2 rings (SSSR count). The summed E-state index contributed by atoms with van der Waals surface area (Å²) in [5.74, 6) is -0.466. The maximum Gasteiger partial charge on any atom is 0.310 e. The molecule has 3 atom stereocenters. The number of likely N-dealkylation sites (tertiary alicyclic amines) is 1. The van der Waals surface area contributed by atoms with Gasteiger partial charge in [-0.05, 0) is 17.9 Å².